The molecule has 1 heterocycles. The van der Waals surface area contributed by atoms with Crippen molar-refractivity contribution < 1.29 is 14.4 Å². The van der Waals surface area contributed by atoms with Crippen molar-refractivity contribution >= 4 is 23.8 Å². The van der Waals surface area contributed by atoms with E-state index in [1.165, 1.54) is 4.90 Å². The van der Waals surface area contributed by atoms with Crippen LogP contribution in [0.25, 0.3) is 0 Å². The lowest BCUT2D eigenvalue weighted by Gasteiger charge is -2.28. The zero-order valence-electron chi connectivity index (χ0n) is 9.89. The number of aldehydes is 1. The molecule has 1 fully saturated rings. The number of hydrogen-bond acceptors (Lipinski definition) is 3. The molecule has 0 bridgehead atoms. The first-order valence-electron chi connectivity index (χ1n) is 5.85. The third kappa shape index (κ3) is 2.40. The Kier molecular flexibility index (Phi) is 3.72. The highest BCUT2D eigenvalue weighted by atomic mass is 16.2. The van der Waals surface area contributed by atoms with Crippen LogP contribution in [0.15, 0.2) is 24.3 Å². The van der Waals surface area contributed by atoms with Crippen LogP contribution in [0, 0.1) is 0 Å². The van der Waals surface area contributed by atoms with Gasteiger partial charge in [-0.1, -0.05) is 18.2 Å². The fourth-order valence-corrected chi connectivity index (χ4v) is 2.01. The number of carbonyl (C=O) groups is 3. The highest BCUT2D eigenvalue weighted by Gasteiger charge is 2.28. The SMILES string of the molecule is O=CCCc1ccccc1N1CCNC(=O)C1=O. The van der Waals surface area contributed by atoms with Crippen molar-refractivity contribution in [3.63, 3.8) is 0 Å². The minimum atomic E-state index is -0.577. The minimum Gasteiger partial charge on any atom is -0.346 e. The van der Waals surface area contributed by atoms with Gasteiger partial charge in [0.1, 0.15) is 6.29 Å². The first-order chi connectivity index (χ1) is 8.74. The van der Waals surface area contributed by atoms with Crippen molar-refractivity contribution in [1.29, 1.82) is 0 Å². The normalized spacial score (nSPS) is 15.4. The number of nitrogens with one attached hydrogen (secondary N) is 1. The van der Waals surface area contributed by atoms with Gasteiger partial charge in [-0.25, -0.2) is 0 Å². The van der Waals surface area contributed by atoms with Crippen molar-refractivity contribution in [2.45, 2.75) is 12.8 Å². The molecular weight excluding hydrogens is 232 g/mol. The summed E-state index contributed by atoms with van der Waals surface area (Å²) in [5, 5.41) is 2.51. The molecule has 0 saturated carbocycles. The molecule has 5 nitrogen and oxygen atoms in total. The Morgan fingerprint density at radius 3 is 2.83 bits per heavy atom. The average molecular weight is 246 g/mol. The first kappa shape index (κ1) is 12.3. The number of amides is 2. The van der Waals surface area contributed by atoms with Crippen LogP contribution >= 0.6 is 0 Å². The number of piperazine rings is 1. The second kappa shape index (κ2) is 5.44. The van der Waals surface area contributed by atoms with E-state index < -0.39 is 11.8 Å². The molecule has 1 aromatic rings. The first-order valence-corrected chi connectivity index (χ1v) is 5.85. The van der Waals surface area contributed by atoms with E-state index in [-0.39, 0.29) is 0 Å². The van der Waals surface area contributed by atoms with Crippen LogP contribution in [0.5, 0.6) is 0 Å². The molecule has 2 amide bonds. The minimum absolute atomic E-state index is 0.408. The molecule has 2 rings (SSSR count). The third-order valence-electron chi connectivity index (χ3n) is 2.87. The quantitative estimate of drug-likeness (QED) is 0.613. The lowest BCUT2D eigenvalue weighted by atomic mass is 10.1. The zero-order valence-corrected chi connectivity index (χ0v) is 9.89. The largest absolute Gasteiger partial charge is 0.346 e. The molecule has 18 heavy (non-hydrogen) atoms. The summed E-state index contributed by atoms with van der Waals surface area (Å²) >= 11 is 0. The zero-order chi connectivity index (χ0) is 13.0. The molecule has 0 atom stereocenters. The summed E-state index contributed by atoms with van der Waals surface area (Å²) in [6.07, 6.45) is 1.83. The van der Waals surface area contributed by atoms with Gasteiger partial charge in [0.2, 0.25) is 0 Å². The molecule has 0 aliphatic carbocycles. The van der Waals surface area contributed by atoms with E-state index in [9.17, 15) is 14.4 Å². The molecular formula is C13H14N2O3. The number of rotatable bonds is 4. The number of benzene rings is 1. The summed E-state index contributed by atoms with van der Waals surface area (Å²) < 4.78 is 0. The number of carbonyl (C=O) groups excluding carboxylic acids is 3. The van der Waals surface area contributed by atoms with Gasteiger partial charge in [-0.15, -0.1) is 0 Å². The van der Waals surface area contributed by atoms with Crippen LogP contribution in [0.2, 0.25) is 0 Å². The lowest BCUT2D eigenvalue weighted by Crippen LogP contribution is -2.52. The van der Waals surface area contributed by atoms with Crippen molar-refractivity contribution in [3.05, 3.63) is 29.8 Å². The van der Waals surface area contributed by atoms with Gasteiger partial charge < -0.3 is 15.0 Å². The van der Waals surface area contributed by atoms with Crippen LogP contribution in [0.1, 0.15) is 12.0 Å². The summed E-state index contributed by atoms with van der Waals surface area (Å²) in [4.78, 5) is 35.0. The number of hydrogen-bond donors (Lipinski definition) is 1. The molecule has 1 aliphatic rings. The van der Waals surface area contributed by atoms with Crippen LogP contribution < -0.4 is 10.2 Å². The molecule has 0 unspecified atom stereocenters. The van der Waals surface area contributed by atoms with E-state index in [1.807, 2.05) is 18.2 Å². The summed E-state index contributed by atoms with van der Waals surface area (Å²) in [5.74, 6) is -1.12. The maximum atomic E-state index is 11.8. The number of nitrogens with zero attached hydrogens (tertiary/aromatic N) is 1. The van der Waals surface area contributed by atoms with Gasteiger partial charge in [0.25, 0.3) is 0 Å². The maximum Gasteiger partial charge on any atom is 0.316 e. The van der Waals surface area contributed by atoms with Gasteiger partial charge >= 0.3 is 11.8 Å². The molecule has 5 heteroatoms. The van der Waals surface area contributed by atoms with Gasteiger partial charge in [0, 0.05) is 25.2 Å². The summed E-state index contributed by atoms with van der Waals surface area (Å²) in [7, 11) is 0. The van der Waals surface area contributed by atoms with Crippen LogP contribution in [0.4, 0.5) is 5.69 Å². The Hall–Kier alpha value is -2.17. The topological polar surface area (TPSA) is 66.5 Å². The summed E-state index contributed by atoms with van der Waals surface area (Å²) in [5.41, 5.74) is 1.63. The Balaban J connectivity index is 2.28. The smallest absolute Gasteiger partial charge is 0.316 e. The molecule has 0 aromatic heterocycles. The van der Waals surface area contributed by atoms with E-state index in [1.54, 1.807) is 6.07 Å². The standard InChI is InChI=1S/C13H14N2O3/c16-9-3-5-10-4-1-2-6-11(10)15-8-7-14-12(17)13(15)18/h1-2,4,6,9H,3,5,7-8H2,(H,14,17). The Bertz CT molecular complexity index is 485. The van der Waals surface area contributed by atoms with Gasteiger partial charge in [-0.3, -0.25) is 9.59 Å². The number of aryl methyl sites for hydroxylation is 1. The van der Waals surface area contributed by atoms with Crippen molar-refractivity contribution in [2.75, 3.05) is 18.0 Å². The Morgan fingerprint density at radius 2 is 2.06 bits per heavy atom. The highest BCUT2D eigenvalue weighted by Crippen LogP contribution is 2.22. The highest BCUT2D eigenvalue weighted by molar-refractivity contribution is 6.41. The third-order valence-corrected chi connectivity index (χ3v) is 2.87. The molecule has 1 aliphatic heterocycles. The van der Waals surface area contributed by atoms with E-state index in [0.29, 0.717) is 25.9 Å². The molecule has 0 radical (unpaired) electrons. The van der Waals surface area contributed by atoms with Crippen molar-refractivity contribution in [2.24, 2.45) is 0 Å². The van der Waals surface area contributed by atoms with Gasteiger partial charge in [0.15, 0.2) is 0 Å². The van der Waals surface area contributed by atoms with E-state index in [4.69, 9.17) is 0 Å². The summed E-state index contributed by atoms with van der Waals surface area (Å²) in [6.45, 7) is 0.912. The predicted molar refractivity (Wildman–Crippen MR) is 66.2 cm³/mol. The fraction of sp³-hybridized carbons (Fsp3) is 0.308. The second-order valence-electron chi connectivity index (χ2n) is 4.05. The van der Waals surface area contributed by atoms with Gasteiger partial charge in [-0.05, 0) is 18.1 Å². The second-order valence-corrected chi connectivity index (χ2v) is 4.05. The monoisotopic (exact) mass is 246 g/mol. The van der Waals surface area contributed by atoms with Gasteiger partial charge in [0.05, 0.1) is 0 Å². The molecule has 1 saturated heterocycles. The summed E-state index contributed by atoms with van der Waals surface area (Å²) in [6, 6.07) is 7.35. The Morgan fingerprint density at radius 1 is 1.28 bits per heavy atom. The van der Waals surface area contributed by atoms with E-state index in [2.05, 4.69) is 5.32 Å². The van der Waals surface area contributed by atoms with Gasteiger partial charge in [-0.2, -0.15) is 0 Å². The van der Waals surface area contributed by atoms with Crippen LogP contribution in [-0.2, 0) is 20.8 Å². The van der Waals surface area contributed by atoms with Crippen LogP contribution in [0.3, 0.4) is 0 Å². The molecule has 94 valence electrons. The maximum absolute atomic E-state index is 11.8. The molecule has 1 N–H and O–H groups in total. The number of para-hydroxylation sites is 1. The average Bonchev–Trinajstić information content (AvgIpc) is 2.40. The van der Waals surface area contributed by atoms with E-state index >= 15 is 0 Å². The van der Waals surface area contributed by atoms with E-state index in [0.717, 1.165) is 17.5 Å². The molecule has 1 aromatic carbocycles. The lowest BCUT2D eigenvalue weighted by molar-refractivity contribution is -0.138. The number of anilines is 1. The van der Waals surface area contributed by atoms with Crippen LogP contribution in [-0.4, -0.2) is 31.2 Å². The fourth-order valence-electron chi connectivity index (χ4n) is 2.01. The predicted octanol–water partition coefficient (Wildman–Crippen LogP) is 0.281. The van der Waals surface area contributed by atoms with Crippen molar-refractivity contribution in [3.8, 4) is 0 Å². The molecule has 0 spiro atoms. The Labute approximate surface area is 105 Å². The van der Waals surface area contributed by atoms with Crippen molar-refractivity contribution in [1.82, 2.24) is 5.32 Å².